The summed E-state index contributed by atoms with van der Waals surface area (Å²) in [6.45, 7) is 8.30. The van der Waals surface area contributed by atoms with Crippen molar-refractivity contribution in [3.05, 3.63) is 118 Å². The van der Waals surface area contributed by atoms with Crippen LogP contribution in [0.15, 0.2) is 96.5 Å². The van der Waals surface area contributed by atoms with Gasteiger partial charge >= 0.3 is 17.7 Å². The number of carbonyl (C=O) groups is 5. The molecule has 0 saturated carbocycles. The molecule has 5 N–H and O–H groups in total. The minimum absolute atomic E-state index is 0.0314. The lowest BCUT2D eigenvalue weighted by atomic mass is 10.0. The Morgan fingerprint density at radius 1 is 0.922 bits per heavy atom. The fourth-order valence-electron chi connectivity index (χ4n) is 5.46. The number of nitrogens with zero attached hydrogens (tertiary/aromatic N) is 3. The van der Waals surface area contributed by atoms with E-state index in [4.69, 9.17) is 15.4 Å². The number of amides is 4. The van der Waals surface area contributed by atoms with Crippen LogP contribution in [0.2, 0.25) is 1.41 Å². The largest absolute Gasteiger partial charge is 0.603 e. The molecule has 0 radical (unpaired) electrons. The molecule has 2 heterocycles. The summed E-state index contributed by atoms with van der Waals surface area (Å²) in [7, 11) is -0.986. The van der Waals surface area contributed by atoms with Crippen molar-refractivity contribution in [2.45, 2.75) is 95.5 Å². The molecule has 0 fully saturated rings. The van der Waals surface area contributed by atoms with Crippen LogP contribution in [-0.2, 0) is 52.6 Å². The van der Waals surface area contributed by atoms with E-state index in [1.807, 2.05) is 0 Å². The minimum Gasteiger partial charge on any atom is -0.603 e. The number of hydrogen-bond acceptors (Lipinski definition) is 15. The number of ether oxygens (including phenoxy) is 2. The quantitative estimate of drug-likeness (QED) is 0.0171. The Hall–Kier alpha value is -5.86. The zero-order valence-electron chi connectivity index (χ0n) is 36.7. The number of pyridine rings is 1. The van der Waals surface area contributed by atoms with Gasteiger partial charge in [-0.15, -0.1) is 0 Å². The highest BCUT2D eigenvalue weighted by Gasteiger charge is 2.34. The number of imidazole rings is 1. The average Bonchev–Trinajstić information content (AvgIpc) is 3.79. The number of aromatic amines is 1. The Balaban J connectivity index is 1.59. The van der Waals surface area contributed by atoms with Crippen LogP contribution >= 0.6 is 29.6 Å². The third kappa shape index (κ3) is 17.7. The van der Waals surface area contributed by atoms with Crippen molar-refractivity contribution in [3.8, 4) is 0 Å². The molecule has 4 rings (SSSR count). The third-order valence-electron chi connectivity index (χ3n) is 8.88. The van der Waals surface area contributed by atoms with Crippen molar-refractivity contribution in [1.29, 1.82) is 0 Å². The second kappa shape index (κ2) is 25.4. The summed E-state index contributed by atoms with van der Waals surface area (Å²) in [6, 6.07) is 15.5. The normalized spacial score (nSPS) is 14.1. The first-order chi connectivity index (χ1) is 30.9. The standard InChI is InChI=1S/C42H51N8O11PS2/c1-6-27(2)39(61-62(58)24-35(51)59-23-29-16-11-8-12-17-29)49-37(53)32(21-30-22-43-26-45-30)47-36(52)31(20-28-14-9-7-10-15-28)46-38(54)33(48-41(55)60-42(3,4)5)25-63-64-40-34(50(56)57)18-13-19-44-40/h7-19,22,24,26-27,31-33,39H,6,20-21,23,25H2,1-5H3,(H,43,45)(H,46,54)(H,47,52)(H,48,55)(H,49,53)/t27?,31-,32-,33-,39?/m0/s1/i/hD. The van der Waals surface area contributed by atoms with Crippen LogP contribution < -0.4 is 26.2 Å². The van der Waals surface area contributed by atoms with E-state index >= 15 is 0 Å². The topological polar surface area (TPSA) is 269 Å². The molecule has 342 valence electrons. The Bertz CT molecular complexity index is 2240. The monoisotopic (exact) mass is 939 g/mol. The van der Waals surface area contributed by atoms with Crippen molar-refractivity contribution in [2.75, 3.05) is 5.75 Å². The van der Waals surface area contributed by atoms with Crippen LogP contribution in [0.5, 0.6) is 0 Å². The smallest absolute Gasteiger partial charge is 0.408 e. The van der Waals surface area contributed by atoms with Gasteiger partial charge in [0, 0.05) is 48.7 Å². The van der Waals surface area contributed by atoms with Gasteiger partial charge in [-0.3, -0.25) is 24.5 Å². The van der Waals surface area contributed by atoms with Crippen molar-refractivity contribution >= 4 is 70.9 Å². The van der Waals surface area contributed by atoms with Crippen LogP contribution in [0.3, 0.4) is 0 Å². The second-order valence-electron chi connectivity index (χ2n) is 15.1. The summed E-state index contributed by atoms with van der Waals surface area (Å²) in [4.78, 5) is 103. The van der Waals surface area contributed by atoms with E-state index in [0.717, 1.165) is 27.4 Å². The molecule has 0 bridgehead atoms. The maximum atomic E-state index is 14.4. The molecule has 0 saturated heterocycles. The highest BCUT2D eigenvalue weighted by Crippen LogP contribution is 2.35. The molecule has 22 heteroatoms. The van der Waals surface area contributed by atoms with E-state index in [1.54, 1.807) is 95.3 Å². The number of nitrogens with one attached hydrogen (secondary N) is 5. The molecule has 0 aliphatic heterocycles. The van der Waals surface area contributed by atoms with E-state index in [9.17, 15) is 39.0 Å². The van der Waals surface area contributed by atoms with Gasteiger partial charge in [0.05, 0.1) is 11.3 Å². The van der Waals surface area contributed by atoms with Crippen molar-refractivity contribution in [3.63, 3.8) is 0 Å². The zero-order chi connectivity index (χ0) is 47.5. The molecule has 0 aliphatic carbocycles. The van der Waals surface area contributed by atoms with E-state index in [2.05, 4.69) is 30.9 Å². The highest BCUT2D eigenvalue weighted by molar-refractivity contribution is 8.76. The number of esters is 1. The third-order valence-corrected chi connectivity index (χ3v) is 12.0. The minimum atomic E-state index is -2.80. The van der Waals surface area contributed by atoms with Crippen LogP contribution in [0.4, 0.5) is 10.5 Å². The number of H-pyrrole nitrogens is 1. The molecular weight excluding hydrogens is 888 g/mol. The summed E-state index contributed by atoms with van der Waals surface area (Å²) in [5.41, 5.74) is 0.428. The molecule has 0 spiro atoms. The first-order valence-electron chi connectivity index (χ1n) is 20.4. The number of alkyl carbamates (subject to hydrolysis) is 1. The SMILES string of the molecule is [2H]N(C(=O)[C@H](CSSc1ncccc1[N+](=O)[O-])NC(=O)OC(C)(C)C)[C@@H](Cc1ccccc1)C(=O)N[C@@H](Cc1cnc[nH]1)C(=O)NC(O[P+]([O-])=CC(=O)OCc1ccccc1)C(C)CC. The number of rotatable bonds is 23. The zero-order valence-corrected chi connectivity index (χ0v) is 38.2. The molecule has 4 aromatic rings. The van der Waals surface area contributed by atoms with Gasteiger partial charge in [-0.1, -0.05) is 85.3 Å². The van der Waals surface area contributed by atoms with Crippen molar-refractivity contribution in [1.82, 2.24) is 36.2 Å². The summed E-state index contributed by atoms with van der Waals surface area (Å²) < 4.78 is 25.4. The van der Waals surface area contributed by atoms with Crippen LogP contribution in [-0.4, -0.2) is 91.2 Å². The lowest BCUT2D eigenvalue weighted by Gasteiger charge is -2.27. The van der Waals surface area contributed by atoms with Gasteiger partial charge in [-0.05, 0) is 55.2 Å². The van der Waals surface area contributed by atoms with E-state index in [0.29, 0.717) is 28.6 Å². The second-order valence-corrected chi connectivity index (χ2v) is 18.5. The number of nitro groups is 1. The van der Waals surface area contributed by atoms with Gasteiger partial charge in [0.25, 0.3) is 0 Å². The molecule has 0 aliphatic rings. The Morgan fingerprint density at radius 2 is 1.59 bits per heavy atom. The highest BCUT2D eigenvalue weighted by atomic mass is 33.1. The van der Waals surface area contributed by atoms with Gasteiger partial charge in [-0.25, -0.2) is 19.6 Å². The summed E-state index contributed by atoms with van der Waals surface area (Å²) in [5.74, 6) is -3.60. The summed E-state index contributed by atoms with van der Waals surface area (Å²) >= 11 is 0. The fourth-order valence-corrected chi connectivity index (χ4v) is 8.46. The molecule has 64 heavy (non-hydrogen) atoms. The summed E-state index contributed by atoms with van der Waals surface area (Å²) in [6.07, 6.45) is 2.02. The van der Waals surface area contributed by atoms with Crippen LogP contribution in [0.1, 0.15) is 57.9 Å². The fraction of sp³-hybridized carbons (Fsp3) is 0.381. The summed E-state index contributed by atoms with van der Waals surface area (Å²) in [5, 5.41) is 19.9. The van der Waals surface area contributed by atoms with Gasteiger partial charge in [0.1, 0.15) is 30.3 Å². The molecule has 2 aromatic carbocycles. The van der Waals surface area contributed by atoms with E-state index < -0.39 is 78.6 Å². The molecular formula is C42H51N8O11PS2. The molecule has 4 amide bonds. The Labute approximate surface area is 380 Å². The number of aromatic nitrogens is 3. The van der Waals surface area contributed by atoms with Crippen LogP contribution in [0, 0.1) is 16.0 Å². The lowest BCUT2D eigenvalue weighted by Crippen LogP contribution is -2.59. The van der Waals surface area contributed by atoms with Crippen LogP contribution in [0.25, 0.3) is 0 Å². The molecule has 2 aromatic heterocycles. The van der Waals surface area contributed by atoms with Crippen molar-refractivity contribution in [2.24, 2.45) is 5.92 Å². The van der Waals surface area contributed by atoms with Gasteiger partial charge in [0.2, 0.25) is 31.5 Å². The lowest BCUT2D eigenvalue weighted by molar-refractivity contribution is -0.388. The maximum absolute atomic E-state index is 14.4. The predicted octanol–water partition coefficient (Wildman–Crippen LogP) is 4.52. The average molecular weight is 940 g/mol. The molecule has 19 nitrogen and oxygen atoms in total. The Morgan fingerprint density at radius 3 is 2.22 bits per heavy atom. The molecule has 3 unspecified atom stereocenters. The van der Waals surface area contributed by atoms with Gasteiger partial charge < -0.3 is 40.6 Å². The molecule has 6 atom stereocenters. The van der Waals surface area contributed by atoms with Gasteiger partial charge in [-0.2, -0.15) is 4.52 Å². The van der Waals surface area contributed by atoms with Crippen molar-refractivity contribution < 1.29 is 49.2 Å². The van der Waals surface area contributed by atoms with E-state index in [-0.39, 0.29) is 35.9 Å². The number of benzene rings is 2. The first-order valence-corrected chi connectivity index (χ1v) is 23.5. The van der Waals surface area contributed by atoms with E-state index in [1.165, 1.54) is 30.9 Å². The first kappa shape index (κ1) is 49.2. The number of carbonyl (C=O) groups excluding carboxylic acids is 5. The predicted molar refractivity (Wildman–Crippen MR) is 240 cm³/mol. The number of hydrogen-bond donors (Lipinski definition) is 5. The van der Waals surface area contributed by atoms with Gasteiger partial charge in [0.15, 0.2) is 12.7 Å². The maximum Gasteiger partial charge on any atom is 0.408 e. The Kier molecular flexibility index (Phi) is 19.5.